The number of para-hydroxylation sites is 2. The quantitative estimate of drug-likeness (QED) is 0.663. The molecule has 1 unspecified atom stereocenters. The van der Waals surface area contributed by atoms with Crippen molar-refractivity contribution in [1.29, 1.82) is 0 Å². The predicted molar refractivity (Wildman–Crippen MR) is 106 cm³/mol. The molecule has 1 aliphatic carbocycles. The van der Waals surface area contributed by atoms with Crippen molar-refractivity contribution in [2.75, 3.05) is 6.61 Å². The van der Waals surface area contributed by atoms with Gasteiger partial charge in [0.2, 0.25) is 0 Å². The second kappa shape index (κ2) is 8.72. The zero-order valence-electron chi connectivity index (χ0n) is 15.1. The van der Waals surface area contributed by atoms with E-state index < -0.39 is 6.10 Å². The first-order chi connectivity index (χ1) is 12.7. The Bertz CT molecular complexity index is 876. The van der Waals surface area contributed by atoms with E-state index in [0.717, 1.165) is 29.7 Å². The fourth-order valence-electron chi connectivity index (χ4n) is 3.77. The minimum Gasteiger partial charge on any atom is -0.491 e. The summed E-state index contributed by atoms with van der Waals surface area (Å²) in [7, 11) is 0. The number of nitrogens with zero attached hydrogens (tertiary/aromatic N) is 2. The van der Waals surface area contributed by atoms with Crippen LogP contribution < -0.4 is 4.74 Å². The van der Waals surface area contributed by atoms with Gasteiger partial charge in [-0.2, -0.15) is 0 Å². The average Bonchev–Trinajstić information content (AvgIpc) is 3.30. The van der Waals surface area contributed by atoms with Crippen LogP contribution in [-0.2, 0) is 6.54 Å². The Morgan fingerprint density at radius 2 is 1.81 bits per heavy atom. The number of halogens is 2. The maximum atomic E-state index is 13.0. The lowest BCUT2D eigenvalue weighted by atomic mass is 10.1. The van der Waals surface area contributed by atoms with Crippen LogP contribution in [0.25, 0.3) is 11.0 Å². The number of aliphatic hydroxyl groups excluding tert-OH is 1. The minimum absolute atomic E-state index is 0. The monoisotopic (exact) mass is 390 g/mol. The molecule has 0 bridgehead atoms. The number of benzene rings is 2. The minimum atomic E-state index is -0.669. The summed E-state index contributed by atoms with van der Waals surface area (Å²) in [6.45, 7) is 0.593. The number of aliphatic hydroxyl groups is 1. The summed E-state index contributed by atoms with van der Waals surface area (Å²) < 4.78 is 20.7. The predicted octanol–water partition coefficient (Wildman–Crippen LogP) is 4.69. The van der Waals surface area contributed by atoms with Gasteiger partial charge in [0, 0.05) is 5.92 Å². The summed E-state index contributed by atoms with van der Waals surface area (Å²) in [6.07, 6.45) is 4.13. The Kier molecular flexibility index (Phi) is 6.34. The Morgan fingerprint density at radius 3 is 2.56 bits per heavy atom. The summed E-state index contributed by atoms with van der Waals surface area (Å²) in [6, 6.07) is 13.9. The Balaban J connectivity index is 0.00000210. The van der Waals surface area contributed by atoms with E-state index in [4.69, 9.17) is 9.72 Å². The number of aromatic nitrogens is 2. The Hall–Kier alpha value is -2.11. The SMILES string of the molecule is Cl.OC(COc1ccc(F)cc1)Cn1c(C2CCCC2)nc2ccccc21. The maximum absolute atomic E-state index is 13.0. The summed E-state index contributed by atoms with van der Waals surface area (Å²) in [5.41, 5.74) is 2.02. The zero-order chi connectivity index (χ0) is 17.9. The fourth-order valence-corrected chi connectivity index (χ4v) is 3.77. The molecule has 1 fully saturated rings. The first-order valence-corrected chi connectivity index (χ1v) is 9.22. The van der Waals surface area contributed by atoms with Gasteiger partial charge in [-0.1, -0.05) is 25.0 Å². The summed E-state index contributed by atoms with van der Waals surface area (Å²) in [5, 5.41) is 10.5. The molecule has 1 saturated carbocycles. The molecule has 1 N–H and O–H groups in total. The van der Waals surface area contributed by atoms with Crippen LogP contribution in [-0.4, -0.2) is 27.4 Å². The lowest BCUT2D eigenvalue weighted by Crippen LogP contribution is -2.25. The molecule has 4 rings (SSSR count). The van der Waals surface area contributed by atoms with Gasteiger partial charge in [0.25, 0.3) is 0 Å². The lowest BCUT2D eigenvalue weighted by Gasteiger charge is -2.18. The van der Waals surface area contributed by atoms with Crippen molar-refractivity contribution in [3.05, 3.63) is 60.2 Å². The van der Waals surface area contributed by atoms with Crippen LogP contribution in [0.4, 0.5) is 4.39 Å². The van der Waals surface area contributed by atoms with Crippen LogP contribution >= 0.6 is 12.4 Å². The summed E-state index contributed by atoms with van der Waals surface area (Å²) in [5.74, 6) is 1.79. The number of fused-ring (bicyclic) bond motifs is 1. The van der Waals surface area contributed by atoms with Gasteiger partial charge in [0.1, 0.15) is 30.1 Å². The van der Waals surface area contributed by atoms with Crippen LogP contribution in [0.15, 0.2) is 48.5 Å². The van der Waals surface area contributed by atoms with Crippen molar-refractivity contribution in [2.24, 2.45) is 0 Å². The largest absolute Gasteiger partial charge is 0.491 e. The number of ether oxygens (including phenoxy) is 1. The molecule has 1 heterocycles. The van der Waals surface area contributed by atoms with Gasteiger partial charge in [-0.15, -0.1) is 12.4 Å². The van der Waals surface area contributed by atoms with Crippen molar-refractivity contribution >= 4 is 23.4 Å². The second-order valence-electron chi connectivity index (χ2n) is 6.97. The fraction of sp³-hybridized carbons (Fsp3) is 0.381. The molecule has 0 saturated heterocycles. The smallest absolute Gasteiger partial charge is 0.123 e. The summed E-state index contributed by atoms with van der Waals surface area (Å²) >= 11 is 0. The maximum Gasteiger partial charge on any atom is 0.123 e. The van der Waals surface area contributed by atoms with Crippen molar-refractivity contribution in [3.8, 4) is 5.75 Å². The van der Waals surface area contributed by atoms with Crippen LogP contribution in [0.3, 0.4) is 0 Å². The van der Waals surface area contributed by atoms with Gasteiger partial charge < -0.3 is 14.4 Å². The molecule has 27 heavy (non-hydrogen) atoms. The Labute approximate surface area is 164 Å². The van der Waals surface area contributed by atoms with E-state index in [1.807, 2.05) is 24.3 Å². The summed E-state index contributed by atoms with van der Waals surface area (Å²) in [4.78, 5) is 4.85. The highest BCUT2D eigenvalue weighted by Gasteiger charge is 2.24. The molecule has 3 aromatic rings. The van der Waals surface area contributed by atoms with Gasteiger partial charge in [0.05, 0.1) is 17.6 Å². The van der Waals surface area contributed by atoms with Crippen LogP contribution in [0.5, 0.6) is 5.75 Å². The highest BCUT2D eigenvalue weighted by molar-refractivity contribution is 5.85. The zero-order valence-corrected chi connectivity index (χ0v) is 15.9. The Morgan fingerprint density at radius 1 is 1.11 bits per heavy atom. The normalized spacial score (nSPS) is 15.6. The second-order valence-corrected chi connectivity index (χ2v) is 6.97. The topological polar surface area (TPSA) is 47.3 Å². The van der Waals surface area contributed by atoms with Crippen LogP contribution in [0, 0.1) is 5.82 Å². The van der Waals surface area contributed by atoms with Crippen LogP contribution in [0.1, 0.15) is 37.4 Å². The number of hydrogen-bond donors (Lipinski definition) is 1. The van der Waals surface area contributed by atoms with E-state index in [0.29, 0.717) is 18.2 Å². The molecule has 6 heteroatoms. The van der Waals surface area contributed by atoms with Crippen molar-refractivity contribution in [2.45, 2.75) is 44.2 Å². The third kappa shape index (κ3) is 4.42. The highest BCUT2D eigenvalue weighted by Crippen LogP contribution is 2.35. The molecule has 144 valence electrons. The number of imidazole rings is 1. The van der Waals surface area contributed by atoms with Crippen LogP contribution in [0.2, 0.25) is 0 Å². The molecule has 1 aliphatic rings. The van der Waals surface area contributed by atoms with Crippen molar-refractivity contribution in [1.82, 2.24) is 9.55 Å². The van der Waals surface area contributed by atoms with E-state index in [-0.39, 0.29) is 24.8 Å². The van der Waals surface area contributed by atoms with Gasteiger partial charge in [-0.05, 0) is 49.2 Å². The molecule has 0 spiro atoms. The highest BCUT2D eigenvalue weighted by atomic mass is 35.5. The van der Waals surface area contributed by atoms with Gasteiger partial charge in [0.15, 0.2) is 0 Å². The van der Waals surface area contributed by atoms with E-state index in [2.05, 4.69) is 4.57 Å². The van der Waals surface area contributed by atoms with Gasteiger partial charge in [-0.3, -0.25) is 0 Å². The molecule has 4 nitrogen and oxygen atoms in total. The standard InChI is InChI=1S/C21H23FN2O2.ClH/c22-16-9-11-18(12-10-16)26-14-17(25)13-24-20-8-4-3-7-19(20)23-21(24)15-5-1-2-6-15;/h3-4,7-12,15,17,25H,1-2,5-6,13-14H2;1H. The molecule has 0 aliphatic heterocycles. The van der Waals surface area contributed by atoms with Crippen molar-refractivity contribution in [3.63, 3.8) is 0 Å². The third-order valence-electron chi connectivity index (χ3n) is 5.05. The average molecular weight is 391 g/mol. The third-order valence-corrected chi connectivity index (χ3v) is 5.05. The van der Waals surface area contributed by atoms with E-state index >= 15 is 0 Å². The number of hydrogen-bond acceptors (Lipinski definition) is 3. The van der Waals surface area contributed by atoms with E-state index in [1.165, 1.54) is 25.0 Å². The molecular formula is C21H24ClFN2O2. The molecule has 1 atom stereocenters. The first-order valence-electron chi connectivity index (χ1n) is 9.22. The van der Waals surface area contributed by atoms with E-state index in [9.17, 15) is 9.50 Å². The molecule has 0 amide bonds. The molecule has 1 aromatic heterocycles. The lowest BCUT2D eigenvalue weighted by molar-refractivity contribution is 0.0924. The van der Waals surface area contributed by atoms with Gasteiger partial charge >= 0.3 is 0 Å². The van der Waals surface area contributed by atoms with Gasteiger partial charge in [-0.25, -0.2) is 9.37 Å². The van der Waals surface area contributed by atoms with E-state index in [1.54, 1.807) is 12.1 Å². The molecule has 0 radical (unpaired) electrons. The molecule has 2 aromatic carbocycles. The van der Waals surface area contributed by atoms with Crippen molar-refractivity contribution < 1.29 is 14.2 Å². The number of rotatable bonds is 6. The first kappa shape index (κ1) is 19.6. The molecular weight excluding hydrogens is 367 g/mol.